The van der Waals surface area contributed by atoms with Gasteiger partial charge in [0.05, 0.1) is 12.2 Å². The highest BCUT2D eigenvalue weighted by atomic mass is 35.5. The Morgan fingerprint density at radius 2 is 2.00 bits per heavy atom. The Balaban J connectivity index is 2.07. The van der Waals surface area contributed by atoms with Gasteiger partial charge < -0.3 is 4.57 Å². The molecule has 2 aromatic heterocycles. The fourth-order valence-electron chi connectivity index (χ4n) is 2.30. The molecule has 0 radical (unpaired) electrons. The highest BCUT2D eigenvalue weighted by Crippen LogP contribution is 2.22. The van der Waals surface area contributed by atoms with Crippen LogP contribution in [-0.2, 0) is 13.6 Å². The molecular weight excluding hydrogens is 246 g/mol. The van der Waals surface area contributed by atoms with E-state index in [4.69, 9.17) is 11.6 Å². The van der Waals surface area contributed by atoms with Crippen LogP contribution >= 0.6 is 11.6 Å². The molecule has 2 heterocycles. The zero-order valence-corrected chi connectivity index (χ0v) is 11.1. The summed E-state index contributed by atoms with van der Waals surface area (Å²) in [6, 6.07) is 10.5. The summed E-state index contributed by atoms with van der Waals surface area (Å²) in [5.74, 6) is 0. The van der Waals surface area contributed by atoms with E-state index in [-0.39, 0.29) is 0 Å². The molecule has 0 aliphatic rings. The minimum absolute atomic E-state index is 0.713. The van der Waals surface area contributed by atoms with Crippen LogP contribution in [0, 0.1) is 6.92 Å². The van der Waals surface area contributed by atoms with Gasteiger partial charge in [-0.2, -0.15) is 5.10 Å². The third-order valence-corrected chi connectivity index (χ3v) is 3.75. The zero-order chi connectivity index (χ0) is 12.7. The average Bonchev–Trinajstić information content (AvgIpc) is 2.87. The third-order valence-electron chi connectivity index (χ3n) is 3.28. The summed E-state index contributed by atoms with van der Waals surface area (Å²) in [6.07, 6.45) is 2.09. The maximum atomic E-state index is 6.27. The minimum Gasteiger partial charge on any atom is -0.343 e. The molecule has 0 atom stereocenters. The van der Waals surface area contributed by atoms with Crippen molar-refractivity contribution in [2.75, 3.05) is 0 Å². The Kier molecular flexibility index (Phi) is 2.63. The van der Waals surface area contributed by atoms with Gasteiger partial charge in [0.15, 0.2) is 0 Å². The first-order valence-corrected chi connectivity index (χ1v) is 6.26. The predicted octanol–water partition coefficient (Wildman–Crippen LogP) is 3.38. The molecule has 92 valence electrons. The second-order valence-corrected chi connectivity index (χ2v) is 4.84. The fraction of sp³-hybridized carbons (Fsp3) is 0.214. The van der Waals surface area contributed by atoms with Crippen LogP contribution in [0.3, 0.4) is 0 Å². The summed E-state index contributed by atoms with van der Waals surface area (Å²) >= 11 is 6.27. The predicted molar refractivity (Wildman–Crippen MR) is 74.0 cm³/mol. The van der Waals surface area contributed by atoms with Gasteiger partial charge in [-0.15, -0.1) is 0 Å². The summed E-state index contributed by atoms with van der Waals surface area (Å²) in [5, 5.41) is 6.30. The molecule has 3 rings (SSSR count). The van der Waals surface area contributed by atoms with Crippen LogP contribution in [-0.4, -0.2) is 14.3 Å². The average molecular weight is 260 g/mol. The largest absolute Gasteiger partial charge is 0.343 e. The van der Waals surface area contributed by atoms with Gasteiger partial charge in [-0.25, -0.2) is 0 Å². The minimum atomic E-state index is 0.713. The molecule has 18 heavy (non-hydrogen) atoms. The Morgan fingerprint density at radius 1 is 1.22 bits per heavy atom. The summed E-state index contributed by atoms with van der Waals surface area (Å²) in [7, 11) is 1.87. The molecule has 3 nitrogen and oxygen atoms in total. The van der Waals surface area contributed by atoms with E-state index in [9.17, 15) is 0 Å². The molecule has 0 unspecified atom stereocenters. The molecule has 0 N–H and O–H groups in total. The number of nitrogens with zero attached hydrogens (tertiary/aromatic N) is 3. The second kappa shape index (κ2) is 4.18. The number of halogens is 1. The first kappa shape index (κ1) is 11.4. The fourth-order valence-corrected chi connectivity index (χ4v) is 2.54. The number of hydrogen-bond acceptors (Lipinski definition) is 1. The van der Waals surface area contributed by atoms with Gasteiger partial charge in [0.25, 0.3) is 0 Å². The first-order chi connectivity index (χ1) is 8.66. The molecule has 0 aliphatic carbocycles. The van der Waals surface area contributed by atoms with Crippen molar-refractivity contribution < 1.29 is 0 Å². The molecular formula is C14H14ClN3. The molecule has 0 saturated carbocycles. The maximum absolute atomic E-state index is 6.27. The molecule has 0 bridgehead atoms. The Hall–Kier alpha value is -1.74. The molecule has 3 aromatic rings. The molecule has 0 aliphatic heterocycles. The van der Waals surface area contributed by atoms with Crippen molar-refractivity contribution in [1.29, 1.82) is 0 Å². The van der Waals surface area contributed by atoms with E-state index >= 15 is 0 Å². The van der Waals surface area contributed by atoms with Gasteiger partial charge in [-0.3, -0.25) is 4.68 Å². The summed E-state index contributed by atoms with van der Waals surface area (Å²) in [6.45, 7) is 2.75. The molecule has 1 aromatic carbocycles. The number of hydrogen-bond donors (Lipinski definition) is 0. The van der Waals surface area contributed by atoms with Crippen LogP contribution in [0.2, 0.25) is 5.15 Å². The van der Waals surface area contributed by atoms with Gasteiger partial charge in [-0.1, -0.05) is 29.8 Å². The summed E-state index contributed by atoms with van der Waals surface area (Å²) in [4.78, 5) is 0. The maximum Gasteiger partial charge on any atom is 0.131 e. The van der Waals surface area contributed by atoms with Gasteiger partial charge >= 0.3 is 0 Å². The van der Waals surface area contributed by atoms with Crippen molar-refractivity contribution >= 4 is 22.5 Å². The topological polar surface area (TPSA) is 22.8 Å². The van der Waals surface area contributed by atoms with Crippen molar-refractivity contribution in [3.05, 3.63) is 52.9 Å². The number of rotatable bonds is 2. The number of aromatic nitrogens is 3. The van der Waals surface area contributed by atoms with Crippen LogP contribution < -0.4 is 0 Å². The first-order valence-electron chi connectivity index (χ1n) is 5.88. The smallest absolute Gasteiger partial charge is 0.131 e. The van der Waals surface area contributed by atoms with E-state index in [0.29, 0.717) is 5.15 Å². The Morgan fingerprint density at radius 3 is 2.72 bits per heavy atom. The number of benzene rings is 1. The normalized spacial score (nSPS) is 11.3. The number of aryl methyl sites for hydroxylation is 2. The Labute approximate surface area is 111 Å². The van der Waals surface area contributed by atoms with Crippen LogP contribution in [0.25, 0.3) is 10.9 Å². The van der Waals surface area contributed by atoms with Gasteiger partial charge in [-0.05, 0) is 24.4 Å². The summed E-state index contributed by atoms with van der Waals surface area (Å²) < 4.78 is 3.92. The van der Waals surface area contributed by atoms with E-state index in [1.54, 1.807) is 4.68 Å². The van der Waals surface area contributed by atoms with Gasteiger partial charge in [0, 0.05) is 24.3 Å². The van der Waals surface area contributed by atoms with E-state index in [1.165, 1.54) is 10.9 Å². The summed E-state index contributed by atoms with van der Waals surface area (Å²) in [5.41, 5.74) is 3.29. The van der Waals surface area contributed by atoms with Crippen molar-refractivity contribution in [3.63, 3.8) is 0 Å². The van der Waals surface area contributed by atoms with Crippen LogP contribution in [0.1, 0.15) is 11.3 Å². The molecule has 4 heteroatoms. The molecule has 0 saturated heterocycles. The Bertz CT molecular complexity index is 709. The molecule has 0 spiro atoms. The van der Waals surface area contributed by atoms with Gasteiger partial charge in [0.2, 0.25) is 0 Å². The number of fused-ring (bicyclic) bond motifs is 1. The number of para-hydroxylation sites is 1. The SMILES string of the molecule is Cc1nn(C)c(Cl)c1Cn1ccc2ccccc21. The van der Waals surface area contributed by atoms with E-state index in [1.807, 2.05) is 14.0 Å². The van der Waals surface area contributed by atoms with Crippen LogP contribution in [0.5, 0.6) is 0 Å². The molecule has 0 fully saturated rings. The standard InChI is InChI=1S/C14H14ClN3/c1-10-12(14(15)17(2)16-10)9-18-8-7-11-5-3-4-6-13(11)18/h3-8H,9H2,1-2H3. The second-order valence-electron chi connectivity index (χ2n) is 4.48. The van der Waals surface area contributed by atoms with Gasteiger partial charge in [0.1, 0.15) is 5.15 Å². The quantitative estimate of drug-likeness (QED) is 0.692. The highest BCUT2D eigenvalue weighted by molar-refractivity contribution is 6.30. The van der Waals surface area contributed by atoms with E-state index in [2.05, 4.69) is 46.2 Å². The lowest BCUT2D eigenvalue weighted by molar-refractivity contribution is 0.757. The van der Waals surface area contributed by atoms with Crippen LogP contribution in [0.15, 0.2) is 36.5 Å². The lowest BCUT2D eigenvalue weighted by Gasteiger charge is -2.05. The monoisotopic (exact) mass is 259 g/mol. The molecule has 0 amide bonds. The van der Waals surface area contributed by atoms with Crippen molar-refractivity contribution in [3.8, 4) is 0 Å². The zero-order valence-electron chi connectivity index (χ0n) is 10.4. The van der Waals surface area contributed by atoms with E-state index < -0.39 is 0 Å². The van der Waals surface area contributed by atoms with E-state index in [0.717, 1.165) is 17.8 Å². The third kappa shape index (κ3) is 1.71. The van der Waals surface area contributed by atoms with Crippen molar-refractivity contribution in [2.24, 2.45) is 7.05 Å². The van der Waals surface area contributed by atoms with Crippen molar-refractivity contribution in [2.45, 2.75) is 13.5 Å². The van der Waals surface area contributed by atoms with Crippen molar-refractivity contribution in [1.82, 2.24) is 14.3 Å². The lowest BCUT2D eigenvalue weighted by atomic mass is 10.2. The highest BCUT2D eigenvalue weighted by Gasteiger charge is 2.12. The van der Waals surface area contributed by atoms with Crippen LogP contribution in [0.4, 0.5) is 0 Å². The lowest BCUT2D eigenvalue weighted by Crippen LogP contribution is -1.99.